The van der Waals surface area contributed by atoms with Crippen LogP contribution in [0.2, 0.25) is 0 Å². The molecule has 4 nitrogen and oxygen atoms in total. The van der Waals surface area contributed by atoms with Crippen molar-refractivity contribution in [2.75, 3.05) is 31.1 Å². The number of hydrogen-bond acceptors (Lipinski definition) is 4. The van der Waals surface area contributed by atoms with E-state index in [9.17, 15) is 0 Å². The van der Waals surface area contributed by atoms with Crippen LogP contribution in [0.5, 0.6) is 0 Å². The molecule has 0 amide bonds. The Labute approximate surface area is 107 Å². The van der Waals surface area contributed by atoms with Crippen LogP contribution in [0.4, 0.5) is 5.69 Å². The van der Waals surface area contributed by atoms with Gasteiger partial charge in [0.15, 0.2) is 0 Å². The molecule has 0 bridgehead atoms. The highest BCUT2D eigenvalue weighted by Gasteiger charge is 2.11. The maximum absolute atomic E-state index is 4.35. The van der Waals surface area contributed by atoms with Gasteiger partial charge in [0.05, 0.1) is 11.9 Å². The van der Waals surface area contributed by atoms with Crippen LogP contribution in [0.25, 0.3) is 11.1 Å². The number of rotatable bonds is 2. The van der Waals surface area contributed by atoms with Crippen LogP contribution in [-0.2, 0) is 0 Å². The quantitative estimate of drug-likeness (QED) is 0.864. The lowest BCUT2D eigenvalue weighted by Gasteiger charge is -2.29. The minimum Gasteiger partial charge on any atom is -0.368 e. The molecular formula is C14H16N4. The minimum atomic E-state index is 1.04. The van der Waals surface area contributed by atoms with E-state index in [-0.39, 0.29) is 0 Å². The van der Waals surface area contributed by atoms with Gasteiger partial charge in [-0.25, -0.2) is 0 Å². The molecule has 3 rings (SSSR count). The minimum absolute atomic E-state index is 1.04. The van der Waals surface area contributed by atoms with Gasteiger partial charge >= 0.3 is 0 Å². The van der Waals surface area contributed by atoms with Gasteiger partial charge in [-0.15, -0.1) is 0 Å². The summed E-state index contributed by atoms with van der Waals surface area (Å²) in [7, 11) is 0. The van der Waals surface area contributed by atoms with Gasteiger partial charge in [0.2, 0.25) is 0 Å². The van der Waals surface area contributed by atoms with Gasteiger partial charge in [-0.2, -0.15) is 0 Å². The van der Waals surface area contributed by atoms with Gasteiger partial charge in [0, 0.05) is 50.3 Å². The third-order valence-corrected chi connectivity index (χ3v) is 3.22. The molecule has 2 aromatic rings. The Morgan fingerprint density at radius 3 is 2.50 bits per heavy atom. The van der Waals surface area contributed by atoms with Crippen molar-refractivity contribution in [1.82, 2.24) is 15.3 Å². The molecule has 1 aliphatic rings. The van der Waals surface area contributed by atoms with E-state index in [1.807, 2.05) is 36.9 Å². The smallest absolute Gasteiger partial charge is 0.0559 e. The maximum Gasteiger partial charge on any atom is 0.0559 e. The molecule has 1 N–H and O–H groups in total. The summed E-state index contributed by atoms with van der Waals surface area (Å²) in [6.45, 7) is 4.17. The van der Waals surface area contributed by atoms with Crippen molar-refractivity contribution >= 4 is 5.69 Å². The second-order valence-electron chi connectivity index (χ2n) is 4.40. The van der Waals surface area contributed by atoms with Crippen LogP contribution < -0.4 is 10.2 Å². The summed E-state index contributed by atoms with van der Waals surface area (Å²) in [6, 6.07) is 6.23. The first-order chi connectivity index (χ1) is 8.93. The van der Waals surface area contributed by atoms with Gasteiger partial charge < -0.3 is 10.2 Å². The molecule has 2 aromatic heterocycles. The first kappa shape index (κ1) is 11.2. The topological polar surface area (TPSA) is 41.1 Å². The SMILES string of the molecule is c1cc(-c2cncc(N3CCNCC3)c2)ccn1. The first-order valence-electron chi connectivity index (χ1n) is 6.24. The van der Waals surface area contributed by atoms with Crippen LogP contribution in [0.1, 0.15) is 0 Å². The Bertz CT molecular complexity index is 506. The summed E-state index contributed by atoms with van der Waals surface area (Å²) in [4.78, 5) is 10.8. The Balaban J connectivity index is 1.89. The molecule has 0 saturated carbocycles. The zero-order valence-corrected chi connectivity index (χ0v) is 10.2. The van der Waals surface area contributed by atoms with Crippen molar-refractivity contribution < 1.29 is 0 Å². The number of nitrogens with one attached hydrogen (secondary N) is 1. The summed E-state index contributed by atoms with van der Waals surface area (Å²) in [5.74, 6) is 0. The average Bonchev–Trinajstić information content (AvgIpc) is 2.49. The molecule has 0 atom stereocenters. The first-order valence-corrected chi connectivity index (χ1v) is 6.24. The Hall–Kier alpha value is -1.94. The fourth-order valence-electron chi connectivity index (χ4n) is 2.23. The van der Waals surface area contributed by atoms with E-state index in [2.05, 4.69) is 26.3 Å². The lowest BCUT2D eigenvalue weighted by molar-refractivity contribution is 0.589. The summed E-state index contributed by atoms with van der Waals surface area (Å²) < 4.78 is 0. The molecule has 0 unspecified atom stereocenters. The van der Waals surface area contributed by atoms with E-state index >= 15 is 0 Å². The van der Waals surface area contributed by atoms with E-state index in [4.69, 9.17) is 0 Å². The van der Waals surface area contributed by atoms with Crippen LogP contribution >= 0.6 is 0 Å². The third kappa shape index (κ3) is 2.33. The second-order valence-corrected chi connectivity index (χ2v) is 4.40. The van der Waals surface area contributed by atoms with Crippen molar-refractivity contribution in [3.63, 3.8) is 0 Å². The average molecular weight is 240 g/mol. The molecule has 0 aromatic carbocycles. The Kier molecular flexibility index (Phi) is 3.19. The van der Waals surface area contributed by atoms with Crippen LogP contribution in [0.3, 0.4) is 0 Å². The number of pyridine rings is 2. The highest BCUT2D eigenvalue weighted by Crippen LogP contribution is 2.22. The van der Waals surface area contributed by atoms with Gasteiger partial charge in [0.25, 0.3) is 0 Å². The van der Waals surface area contributed by atoms with Gasteiger partial charge in [-0.1, -0.05) is 0 Å². The van der Waals surface area contributed by atoms with E-state index < -0.39 is 0 Å². The van der Waals surface area contributed by atoms with Crippen molar-refractivity contribution in [2.45, 2.75) is 0 Å². The van der Waals surface area contributed by atoms with E-state index in [1.54, 1.807) is 0 Å². The van der Waals surface area contributed by atoms with E-state index in [0.29, 0.717) is 0 Å². The number of hydrogen-bond donors (Lipinski definition) is 1. The molecule has 4 heteroatoms. The maximum atomic E-state index is 4.35. The summed E-state index contributed by atoms with van der Waals surface area (Å²) in [5, 5.41) is 3.36. The third-order valence-electron chi connectivity index (χ3n) is 3.22. The predicted octanol–water partition coefficient (Wildman–Crippen LogP) is 1.55. The molecule has 0 spiro atoms. The number of nitrogens with zero attached hydrogens (tertiary/aromatic N) is 3. The standard InChI is InChI=1S/C14H16N4/c1-3-15-4-2-12(1)13-9-14(11-17-10-13)18-7-5-16-6-8-18/h1-4,9-11,16H,5-8H2. The fourth-order valence-corrected chi connectivity index (χ4v) is 2.23. The molecule has 18 heavy (non-hydrogen) atoms. The van der Waals surface area contributed by atoms with Gasteiger partial charge in [-0.3, -0.25) is 9.97 Å². The second kappa shape index (κ2) is 5.14. The van der Waals surface area contributed by atoms with Crippen molar-refractivity contribution in [2.24, 2.45) is 0 Å². The lowest BCUT2D eigenvalue weighted by Crippen LogP contribution is -2.43. The highest BCUT2D eigenvalue weighted by atomic mass is 15.2. The highest BCUT2D eigenvalue weighted by molar-refractivity contribution is 5.66. The monoisotopic (exact) mass is 240 g/mol. The summed E-state index contributed by atoms with van der Waals surface area (Å²) in [6.07, 6.45) is 7.47. The molecule has 1 fully saturated rings. The molecule has 0 radical (unpaired) electrons. The van der Waals surface area contributed by atoms with Gasteiger partial charge in [-0.05, 0) is 23.8 Å². The normalized spacial score (nSPS) is 15.7. The van der Waals surface area contributed by atoms with E-state index in [1.165, 1.54) is 5.69 Å². The van der Waals surface area contributed by atoms with Crippen LogP contribution in [0.15, 0.2) is 43.0 Å². The van der Waals surface area contributed by atoms with Crippen molar-refractivity contribution in [3.8, 4) is 11.1 Å². The van der Waals surface area contributed by atoms with E-state index in [0.717, 1.165) is 37.3 Å². The molecule has 0 aliphatic carbocycles. The lowest BCUT2D eigenvalue weighted by atomic mass is 10.1. The van der Waals surface area contributed by atoms with Crippen LogP contribution in [0, 0.1) is 0 Å². The molecule has 92 valence electrons. The fraction of sp³-hybridized carbons (Fsp3) is 0.286. The molecule has 1 aliphatic heterocycles. The molecular weight excluding hydrogens is 224 g/mol. The number of piperazine rings is 1. The predicted molar refractivity (Wildman–Crippen MR) is 72.6 cm³/mol. The largest absolute Gasteiger partial charge is 0.368 e. The van der Waals surface area contributed by atoms with Crippen molar-refractivity contribution in [3.05, 3.63) is 43.0 Å². The summed E-state index contributed by atoms with van der Waals surface area (Å²) >= 11 is 0. The Morgan fingerprint density at radius 2 is 1.72 bits per heavy atom. The Morgan fingerprint density at radius 1 is 0.944 bits per heavy atom. The molecule has 3 heterocycles. The molecule has 1 saturated heterocycles. The number of anilines is 1. The zero-order valence-electron chi connectivity index (χ0n) is 10.2. The zero-order chi connectivity index (χ0) is 12.2. The van der Waals surface area contributed by atoms with Crippen LogP contribution in [-0.4, -0.2) is 36.1 Å². The number of aromatic nitrogens is 2. The van der Waals surface area contributed by atoms with Crippen molar-refractivity contribution in [1.29, 1.82) is 0 Å². The summed E-state index contributed by atoms with van der Waals surface area (Å²) in [5.41, 5.74) is 3.51. The van der Waals surface area contributed by atoms with Gasteiger partial charge in [0.1, 0.15) is 0 Å².